The Morgan fingerprint density at radius 1 is 1.38 bits per heavy atom. The quantitative estimate of drug-likeness (QED) is 0.777. The van der Waals surface area contributed by atoms with Crippen LogP contribution in [0.3, 0.4) is 0 Å². The second kappa shape index (κ2) is 6.45. The topological polar surface area (TPSA) is 105 Å². The first kappa shape index (κ1) is 15.6. The van der Waals surface area contributed by atoms with E-state index in [9.17, 15) is 9.59 Å². The van der Waals surface area contributed by atoms with Gasteiger partial charge in [-0.15, -0.1) is 0 Å². The van der Waals surface area contributed by atoms with Crippen LogP contribution in [0.2, 0.25) is 0 Å². The van der Waals surface area contributed by atoms with Crippen LogP contribution >= 0.6 is 0 Å². The number of nitrogens with zero attached hydrogens (tertiary/aromatic N) is 4. The van der Waals surface area contributed by atoms with Crippen LogP contribution in [-0.2, 0) is 6.54 Å². The molecule has 0 saturated heterocycles. The highest BCUT2D eigenvalue weighted by Gasteiger charge is 2.17. The third-order valence-corrected chi connectivity index (χ3v) is 3.35. The van der Waals surface area contributed by atoms with Crippen molar-refractivity contribution in [1.29, 1.82) is 0 Å². The number of aromatic amines is 1. The maximum absolute atomic E-state index is 12.2. The summed E-state index contributed by atoms with van der Waals surface area (Å²) in [5.74, 6) is 0.421. The molecule has 0 aliphatic rings. The smallest absolute Gasteiger partial charge is 0.274 e. The van der Waals surface area contributed by atoms with Crippen molar-refractivity contribution < 1.29 is 9.32 Å². The molecule has 2 aromatic heterocycles. The molecule has 0 bridgehead atoms. The maximum atomic E-state index is 12.2. The van der Waals surface area contributed by atoms with Crippen LogP contribution in [0.15, 0.2) is 46.0 Å². The monoisotopic (exact) mass is 325 g/mol. The molecule has 8 heteroatoms. The first-order chi connectivity index (χ1) is 11.5. The van der Waals surface area contributed by atoms with E-state index in [-0.39, 0.29) is 23.7 Å². The predicted octanol–water partition coefficient (Wildman–Crippen LogP) is 1.40. The number of hydrogen-bond donors (Lipinski definition) is 1. The average molecular weight is 325 g/mol. The number of rotatable bonds is 4. The van der Waals surface area contributed by atoms with E-state index in [4.69, 9.17) is 4.52 Å². The minimum atomic E-state index is -0.367. The minimum absolute atomic E-state index is 0.135. The van der Waals surface area contributed by atoms with Gasteiger partial charge in [0.2, 0.25) is 11.7 Å². The number of aromatic nitrogens is 4. The molecule has 0 saturated carbocycles. The number of benzene rings is 1. The molecule has 0 fully saturated rings. The van der Waals surface area contributed by atoms with Gasteiger partial charge in [-0.25, -0.2) is 4.98 Å². The number of hydrogen-bond acceptors (Lipinski definition) is 6. The SMILES string of the molecule is Cc1cccc(-c2noc(CN(C)C(=O)c3c[nH]c(=O)cn3)n2)c1. The third-order valence-electron chi connectivity index (χ3n) is 3.35. The van der Waals surface area contributed by atoms with Crippen molar-refractivity contribution in [3.63, 3.8) is 0 Å². The average Bonchev–Trinajstić information content (AvgIpc) is 3.03. The summed E-state index contributed by atoms with van der Waals surface area (Å²) in [6.45, 7) is 2.12. The number of carbonyl (C=O) groups is 1. The normalized spacial score (nSPS) is 10.6. The van der Waals surface area contributed by atoms with Crippen molar-refractivity contribution in [2.75, 3.05) is 7.05 Å². The molecular formula is C16H15N5O3. The Balaban J connectivity index is 1.73. The summed E-state index contributed by atoms with van der Waals surface area (Å²) in [5.41, 5.74) is 1.71. The van der Waals surface area contributed by atoms with Gasteiger partial charge in [0.05, 0.1) is 6.20 Å². The van der Waals surface area contributed by atoms with Crippen LogP contribution in [0.5, 0.6) is 0 Å². The molecule has 122 valence electrons. The second-order valence-corrected chi connectivity index (χ2v) is 5.34. The van der Waals surface area contributed by atoms with Gasteiger partial charge in [-0.05, 0) is 13.0 Å². The zero-order valence-corrected chi connectivity index (χ0v) is 13.2. The lowest BCUT2D eigenvalue weighted by Crippen LogP contribution is -2.28. The summed E-state index contributed by atoms with van der Waals surface area (Å²) >= 11 is 0. The van der Waals surface area contributed by atoms with E-state index in [0.29, 0.717) is 11.7 Å². The lowest BCUT2D eigenvalue weighted by atomic mass is 10.1. The van der Waals surface area contributed by atoms with E-state index < -0.39 is 0 Å². The van der Waals surface area contributed by atoms with Crippen molar-refractivity contribution in [2.24, 2.45) is 0 Å². The molecule has 3 rings (SSSR count). The van der Waals surface area contributed by atoms with Gasteiger partial charge in [0.15, 0.2) is 0 Å². The lowest BCUT2D eigenvalue weighted by Gasteiger charge is -2.13. The number of carbonyl (C=O) groups excluding carboxylic acids is 1. The summed E-state index contributed by atoms with van der Waals surface area (Å²) in [6, 6.07) is 7.74. The first-order valence-electron chi connectivity index (χ1n) is 7.23. The number of H-pyrrole nitrogens is 1. The Morgan fingerprint density at radius 2 is 2.21 bits per heavy atom. The van der Waals surface area contributed by atoms with Crippen LogP contribution in [-0.4, -0.2) is 38.0 Å². The van der Waals surface area contributed by atoms with Crippen LogP contribution in [0, 0.1) is 6.92 Å². The Morgan fingerprint density at radius 3 is 2.92 bits per heavy atom. The summed E-state index contributed by atoms with van der Waals surface area (Å²) < 4.78 is 5.20. The van der Waals surface area contributed by atoms with Crippen LogP contribution in [0.4, 0.5) is 0 Å². The Hall–Kier alpha value is -3.29. The van der Waals surface area contributed by atoms with Crippen LogP contribution in [0.1, 0.15) is 21.9 Å². The van der Waals surface area contributed by atoms with Gasteiger partial charge in [0, 0.05) is 18.8 Å². The van der Waals surface area contributed by atoms with Gasteiger partial charge in [-0.3, -0.25) is 9.59 Å². The summed E-state index contributed by atoms with van der Waals surface area (Å²) in [7, 11) is 1.59. The minimum Gasteiger partial charge on any atom is -0.337 e. The van der Waals surface area contributed by atoms with E-state index in [0.717, 1.165) is 17.3 Å². The summed E-state index contributed by atoms with van der Waals surface area (Å²) in [4.78, 5) is 35.1. The van der Waals surface area contributed by atoms with Crippen molar-refractivity contribution in [3.05, 3.63) is 64.2 Å². The Kier molecular flexibility index (Phi) is 4.19. The molecule has 0 spiro atoms. The fourth-order valence-corrected chi connectivity index (χ4v) is 2.15. The zero-order valence-electron chi connectivity index (χ0n) is 13.2. The molecule has 0 radical (unpaired) electrons. The fraction of sp³-hybridized carbons (Fsp3) is 0.188. The third kappa shape index (κ3) is 3.37. The molecule has 1 aromatic carbocycles. The Labute approximate surface area is 137 Å². The fourth-order valence-electron chi connectivity index (χ4n) is 2.15. The second-order valence-electron chi connectivity index (χ2n) is 5.34. The first-order valence-corrected chi connectivity index (χ1v) is 7.23. The molecule has 8 nitrogen and oxygen atoms in total. The molecule has 0 atom stereocenters. The van der Waals surface area contributed by atoms with E-state index in [1.54, 1.807) is 7.05 Å². The molecule has 0 unspecified atom stereocenters. The molecule has 1 amide bonds. The molecule has 24 heavy (non-hydrogen) atoms. The van der Waals surface area contributed by atoms with Crippen LogP contribution < -0.4 is 5.56 Å². The number of aryl methyl sites for hydroxylation is 1. The molecule has 2 heterocycles. The van der Waals surface area contributed by atoms with Crippen LogP contribution in [0.25, 0.3) is 11.4 Å². The summed E-state index contributed by atoms with van der Waals surface area (Å²) in [6.07, 6.45) is 2.33. The molecule has 0 aliphatic carbocycles. The predicted molar refractivity (Wildman–Crippen MR) is 85.1 cm³/mol. The molecule has 1 N–H and O–H groups in total. The highest BCUT2D eigenvalue weighted by molar-refractivity contribution is 5.91. The number of nitrogens with one attached hydrogen (secondary N) is 1. The van der Waals surface area contributed by atoms with Gasteiger partial charge in [0.1, 0.15) is 12.2 Å². The van der Waals surface area contributed by atoms with Crippen molar-refractivity contribution in [1.82, 2.24) is 25.0 Å². The number of amides is 1. The van der Waals surface area contributed by atoms with E-state index in [2.05, 4.69) is 20.1 Å². The van der Waals surface area contributed by atoms with Gasteiger partial charge >= 0.3 is 0 Å². The zero-order chi connectivity index (χ0) is 17.1. The summed E-state index contributed by atoms with van der Waals surface area (Å²) in [5, 5.41) is 3.94. The maximum Gasteiger partial charge on any atom is 0.274 e. The van der Waals surface area contributed by atoms with Gasteiger partial charge < -0.3 is 14.4 Å². The largest absolute Gasteiger partial charge is 0.337 e. The van der Waals surface area contributed by atoms with E-state index >= 15 is 0 Å². The standard InChI is InChI=1S/C16H15N5O3/c1-10-4-3-5-11(6-10)15-19-14(24-20-15)9-21(2)16(23)12-7-18-13(22)8-17-12/h3-8H,9H2,1-2H3,(H,18,22). The van der Waals surface area contributed by atoms with Gasteiger partial charge in [-0.1, -0.05) is 28.9 Å². The highest BCUT2D eigenvalue weighted by atomic mass is 16.5. The van der Waals surface area contributed by atoms with Gasteiger partial charge in [0.25, 0.3) is 11.5 Å². The molecular weight excluding hydrogens is 310 g/mol. The molecule has 3 aromatic rings. The lowest BCUT2D eigenvalue weighted by molar-refractivity contribution is 0.0763. The Bertz CT molecular complexity index is 911. The van der Waals surface area contributed by atoms with Crippen molar-refractivity contribution >= 4 is 5.91 Å². The van der Waals surface area contributed by atoms with E-state index in [1.807, 2.05) is 31.2 Å². The molecule has 0 aliphatic heterocycles. The van der Waals surface area contributed by atoms with E-state index in [1.165, 1.54) is 11.1 Å². The van der Waals surface area contributed by atoms with Crippen molar-refractivity contribution in [2.45, 2.75) is 13.5 Å². The highest BCUT2D eigenvalue weighted by Crippen LogP contribution is 2.17. The van der Waals surface area contributed by atoms with Gasteiger partial charge in [-0.2, -0.15) is 4.98 Å². The van der Waals surface area contributed by atoms with Crippen molar-refractivity contribution in [3.8, 4) is 11.4 Å².